The number of hydrogen-bond acceptors (Lipinski definition) is 4. The largest absolute Gasteiger partial charge is 0.380 e. The zero-order valence-corrected chi connectivity index (χ0v) is 17.8. The molecule has 1 saturated heterocycles. The maximum atomic E-state index is 13.0. The number of fused-ring (bicyclic) bond motifs is 1. The van der Waals surface area contributed by atoms with Crippen molar-refractivity contribution in [3.8, 4) is 11.1 Å². The highest BCUT2D eigenvalue weighted by atomic mass is 16.3. The van der Waals surface area contributed by atoms with Gasteiger partial charge in [-0.05, 0) is 49.1 Å². The second-order valence-electron chi connectivity index (χ2n) is 8.75. The number of carbonyl (C=O) groups is 2. The molecular formula is C24H26N4O3. The molecule has 1 aliphatic carbocycles. The number of carbonyl (C=O) groups excluding carboxylic acids is 2. The van der Waals surface area contributed by atoms with Gasteiger partial charge in [0.2, 0.25) is 0 Å². The molecule has 31 heavy (non-hydrogen) atoms. The SMILES string of the molecule is CC1CN(C(=O)c2ccc(-c3ccc4cnn(C)c4c3)cc2)CCN1C(=O)C1(O)CC1. The number of piperazine rings is 1. The van der Waals surface area contributed by atoms with Crippen LogP contribution in [0.2, 0.25) is 0 Å². The van der Waals surface area contributed by atoms with E-state index < -0.39 is 5.60 Å². The van der Waals surface area contributed by atoms with Crippen molar-refractivity contribution in [2.24, 2.45) is 7.05 Å². The van der Waals surface area contributed by atoms with Crippen molar-refractivity contribution in [3.63, 3.8) is 0 Å². The highest BCUT2D eigenvalue weighted by Crippen LogP contribution is 2.37. The average molecular weight is 418 g/mol. The van der Waals surface area contributed by atoms with Gasteiger partial charge < -0.3 is 14.9 Å². The van der Waals surface area contributed by atoms with E-state index in [0.29, 0.717) is 38.0 Å². The summed E-state index contributed by atoms with van der Waals surface area (Å²) in [5.74, 6) is -0.223. The summed E-state index contributed by atoms with van der Waals surface area (Å²) in [6.45, 7) is 3.33. The normalized spacial score (nSPS) is 20.2. The molecule has 2 fully saturated rings. The minimum Gasteiger partial charge on any atom is -0.380 e. The van der Waals surface area contributed by atoms with E-state index in [1.165, 1.54) is 0 Å². The molecule has 0 bridgehead atoms. The second-order valence-corrected chi connectivity index (χ2v) is 8.75. The molecule has 1 N–H and O–H groups in total. The zero-order valence-electron chi connectivity index (χ0n) is 17.8. The van der Waals surface area contributed by atoms with Crippen LogP contribution in [0.5, 0.6) is 0 Å². The first-order chi connectivity index (χ1) is 14.9. The fourth-order valence-corrected chi connectivity index (χ4v) is 4.35. The third kappa shape index (κ3) is 3.49. The van der Waals surface area contributed by atoms with Gasteiger partial charge in [0.05, 0.1) is 11.7 Å². The molecular weight excluding hydrogens is 392 g/mol. The van der Waals surface area contributed by atoms with E-state index in [9.17, 15) is 14.7 Å². The summed E-state index contributed by atoms with van der Waals surface area (Å²) in [6.07, 6.45) is 2.93. The zero-order chi connectivity index (χ0) is 21.8. The molecule has 0 radical (unpaired) electrons. The van der Waals surface area contributed by atoms with Gasteiger partial charge in [-0.2, -0.15) is 5.10 Å². The van der Waals surface area contributed by atoms with E-state index in [1.54, 1.807) is 9.80 Å². The second kappa shape index (κ2) is 7.20. The van der Waals surface area contributed by atoms with Crippen molar-refractivity contribution < 1.29 is 14.7 Å². The summed E-state index contributed by atoms with van der Waals surface area (Å²) in [6, 6.07) is 13.8. The molecule has 1 unspecified atom stereocenters. The molecule has 0 spiro atoms. The lowest BCUT2D eigenvalue weighted by Gasteiger charge is -2.40. The van der Waals surface area contributed by atoms with E-state index in [1.807, 2.05) is 49.1 Å². The van der Waals surface area contributed by atoms with Crippen LogP contribution in [0.3, 0.4) is 0 Å². The molecule has 1 aliphatic heterocycles. The van der Waals surface area contributed by atoms with Gasteiger partial charge in [-0.25, -0.2) is 0 Å². The van der Waals surface area contributed by atoms with Crippen LogP contribution < -0.4 is 0 Å². The number of benzene rings is 2. The predicted octanol–water partition coefficient (Wildman–Crippen LogP) is 2.44. The van der Waals surface area contributed by atoms with E-state index >= 15 is 0 Å². The lowest BCUT2D eigenvalue weighted by Crippen LogP contribution is -2.57. The van der Waals surface area contributed by atoms with E-state index in [0.717, 1.165) is 22.0 Å². The van der Waals surface area contributed by atoms with Crippen molar-refractivity contribution in [3.05, 3.63) is 54.2 Å². The van der Waals surface area contributed by atoms with Crippen molar-refractivity contribution in [1.29, 1.82) is 0 Å². The topological polar surface area (TPSA) is 78.7 Å². The van der Waals surface area contributed by atoms with Gasteiger partial charge in [-0.1, -0.05) is 24.3 Å². The number of aryl methyl sites for hydroxylation is 1. The summed E-state index contributed by atoms with van der Waals surface area (Å²) >= 11 is 0. The molecule has 1 saturated carbocycles. The summed E-state index contributed by atoms with van der Waals surface area (Å²) in [5, 5.41) is 15.5. The molecule has 1 atom stereocenters. The number of aliphatic hydroxyl groups is 1. The molecule has 7 heteroatoms. The van der Waals surface area contributed by atoms with Crippen LogP contribution in [0.25, 0.3) is 22.0 Å². The van der Waals surface area contributed by atoms with Crippen molar-refractivity contribution in [2.75, 3.05) is 19.6 Å². The van der Waals surface area contributed by atoms with E-state index in [4.69, 9.17) is 0 Å². The maximum Gasteiger partial charge on any atom is 0.254 e. The van der Waals surface area contributed by atoms with Crippen molar-refractivity contribution in [1.82, 2.24) is 19.6 Å². The van der Waals surface area contributed by atoms with Crippen LogP contribution in [0.4, 0.5) is 0 Å². The first-order valence-corrected chi connectivity index (χ1v) is 10.7. The Kier molecular flexibility index (Phi) is 4.59. The summed E-state index contributed by atoms with van der Waals surface area (Å²) in [5.41, 5.74) is 2.66. The third-order valence-electron chi connectivity index (χ3n) is 6.51. The fraction of sp³-hybridized carbons (Fsp3) is 0.375. The van der Waals surface area contributed by atoms with Gasteiger partial charge in [0.1, 0.15) is 5.60 Å². The van der Waals surface area contributed by atoms with Gasteiger partial charge in [0.15, 0.2) is 0 Å². The number of nitrogens with zero attached hydrogens (tertiary/aromatic N) is 4. The molecule has 7 nitrogen and oxygen atoms in total. The summed E-state index contributed by atoms with van der Waals surface area (Å²) in [4.78, 5) is 29.0. The Balaban J connectivity index is 1.29. The third-order valence-corrected chi connectivity index (χ3v) is 6.51. The van der Waals surface area contributed by atoms with Crippen LogP contribution in [0.15, 0.2) is 48.7 Å². The number of amides is 2. The molecule has 2 amide bonds. The van der Waals surface area contributed by atoms with Crippen LogP contribution in [0, 0.1) is 0 Å². The van der Waals surface area contributed by atoms with Crippen LogP contribution in [-0.2, 0) is 11.8 Å². The van der Waals surface area contributed by atoms with Crippen molar-refractivity contribution in [2.45, 2.75) is 31.4 Å². The number of aromatic nitrogens is 2. The highest BCUT2D eigenvalue weighted by molar-refractivity contribution is 5.95. The van der Waals surface area contributed by atoms with Crippen LogP contribution >= 0.6 is 0 Å². The lowest BCUT2D eigenvalue weighted by molar-refractivity contribution is -0.146. The molecule has 2 aliphatic rings. The molecule has 2 heterocycles. The maximum absolute atomic E-state index is 13.0. The predicted molar refractivity (Wildman–Crippen MR) is 117 cm³/mol. The summed E-state index contributed by atoms with van der Waals surface area (Å²) in [7, 11) is 1.92. The Morgan fingerprint density at radius 2 is 1.77 bits per heavy atom. The lowest BCUT2D eigenvalue weighted by atomic mass is 10.0. The molecule has 2 aromatic carbocycles. The Hall–Kier alpha value is -3.19. The van der Waals surface area contributed by atoms with Crippen LogP contribution in [0.1, 0.15) is 30.1 Å². The van der Waals surface area contributed by atoms with Gasteiger partial charge in [0, 0.05) is 43.7 Å². The highest BCUT2D eigenvalue weighted by Gasteiger charge is 2.51. The number of hydrogen-bond donors (Lipinski definition) is 1. The first kappa shape index (κ1) is 19.8. The van der Waals surface area contributed by atoms with E-state index in [2.05, 4.69) is 23.3 Å². The van der Waals surface area contributed by atoms with Gasteiger partial charge in [-0.15, -0.1) is 0 Å². The van der Waals surface area contributed by atoms with E-state index in [-0.39, 0.29) is 17.9 Å². The van der Waals surface area contributed by atoms with Gasteiger partial charge >= 0.3 is 0 Å². The molecule has 1 aromatic heterocycles. The standard InChI is InChI=1S/C24H26N4O3/c1-16-15-27(11-12-28(16)23(30)24(31)9-10-24)22(29)18-5-3-17(4-6-18)19-7-8-20-14-25-26(2)21(20)13-19/h3-8,13-14,16,31H,9-12,15H2,1-2H3. The first-order valence-electron chi connectivity index (χ1n) is 10.7. The minimum absolute atomic E-state index is 0.0299. The average Bonchev–Trinajstić information content (AvgIpc) is 3.44. The molecule has 160 valence electrons. The minimum atomic E-state index is -1.16. The van der Waals surface area contributed by atoms with Crippen LogP contribution in [-0.4, -0.2) is 67.8 Å². The Labute approximate surface area is 180 Å². The molecule has 5 rings (SSSR count). The smallest absolute Gasteiger partial charge is 0.254 e. The fourth-order valence-electron chi connectivity index (χ4n) is 4.35. The van der Waals surface area contributed by atoms with Gasteiger partial charge in [-0.3, -0.25) is 14.3 Å². The monoisotopic (exact) mass is 418 g/mol. The Morgan fingerprint density at radius 1 is 1.06 bits per heavy atom. The van der Waals surface area contributed by atoms with Crippen molar-refractivity contribution >= 4 is 22.7 Å². The Morgan fingerprint density at radius 3 is 2.45 bits per heavy atom. The number of rotatable bonds is 3. The summed E-state index contributed by atoms with van der Waals surface area (Å²) < 4.78 is 1.85. The Bertz CT molecular complexity index is 1160. The van der Waals surface area contributed by atoms with Gasteiger partial charge in [0.25, 0.3) is 11.8 Å². The molecule has 3 aromatic rings. The quantitative estimate of drug-likeness (QED) is 0.709.